The molecule has 10 heteroatoms. The van der Waals surface area contributed by atoms with Gasteiger partial charge in [0.1, 0.15) is 23.4 Å². The van der Waals surface area contributed by atoms with Gasteiger partial charge in [0, 0.05) is 45.1 Å². The molecule has 2 aromatic carbocycles. The summed E-state index contributed by atoms with van der Waals surface area (Å²) >= 11 is 0. The highest BCUT2D eigenvalue weighted by Gasteiger charge is 2.54. The smallest absolute Gasteiger partial charge is 0.256 e. The predicted octanol–water partition coefficient (Wildman–Crippen LogP) is 2.20. The summed E-state index contributed by atoms with van der Waals surface area (Å²) in [7, 11) is 1.51. The highest BCUT2D eigenvalue weighted by atomic mass is 19.1. The number of amides is 3. The largest absolute Gasteiger partial charge is 0.383 e. The first-order valence-corrected chi connectivity index (χ1v) is 11.4. The molecule has 186 valence electrons. The maximum Gasteiger partial charge on any atom is 0.256 e. The minimum atomic E-state index is -1.15. The van der Waals surface area contributed by atoms with Gasteiger partial charge >= 0.3 is 0 Å². The number of halogens is 2. The van der Waals surface area contributed by atoms with Crippen LogP contribution in [0, 0.1) is 11.6 Å². The molecule has 0 radical (unpaired) electrons. The Labute approximate surface area is 201 Å². The van der Waals surface area contributed by atoms with Crippen LogP contribution >= 0.6 is 0 Å². The van der Waals surface area contributed by atoms with E-state index in [0.29, 0.717) is 6.61 Å². The summed E-state index contributed by atoms with van der Waals surface area (Å²) in [6.07, 6.45) is 0.437. The topological polar surface area (TPSA) is 88.2 Å². The Bertz CT molecular complexity index is 1100. The van der Waals surface area contributed by atoms with E-state index < -0.39 is 41.1 Å². The molecule has 2 aliphatic heterocycles. The molecule has 2 saturated heterocycles. The van der Waals surface area contributed by atoms with E-state index in [1.165, 1.54) is 53.3 Å². The van der Waals surface area contributed by atoms with Crippen LogP contribution in [0.15, 0.2) is 48.5 Å². The third-order valence-corrected chi connectivity index (χ3v) is 6.40. The van der Waals surface area contributed by atoms with Crippen molar-refractivity contribution in [2.24, 2.45) is 0 Å². The Morgan fingerprint density at radius 1 is 1.09 bits per heavy atom. The summed E-state index contributed by atoms with van der Waals surface area (Å²) in [5, 5.41) is 2.73. The van der Waals surface area contributed by atoms with E-state index in [4.69, 9.17) is 9.47 Å². The average Bonchev–Trinajstić information content (AvgIpc) is 3.22. The van der Waals surface area contributed by atoms with Gasteiger partial charge in [-0.3, -0.25) is 19.3 Å². The molecule has 3 amide bonds. The van der Waals surface area contributed by atoms with E-state index in [2.05, 4.69) is 5.32 Å². The Morgan fingerprint density at radius 2 is 1.83 bits per heavy atom. The molecule has 1 atom stereocenters. The zero-order chi connectivity index (χ0) is 25.0. The van der Waals surface area contributed by atoms with Crippen LogP contribution in [0.5, 0.6) is 0 Å². The van der Waals surface area contributed by atoms with Crippen molar-refractivity contribution in [1.82, 2.24) is 15.1 Å². The van der Waals surface area contributed by atoms with Crippen LogP contribution in [0.4, 0.5) is 8.78 Å². The fraction of sp³-hybridized carbons (Fsp3) is 0.400. The molecule has 0 unspecified atom stereocenters. The summed E-state index contributed by atoms with van der Waals surface area (Å²) in [5.74, 6) is -2.58. The number of likely N-dealkylation sites (tertiary alicyclic amines) is 1. The third-order valence-electron chi connectivity index (χ3n) is 6.40. The number of methoxy groups -OCH3 is 1. The van der Waals surface area contributed by atoms with Crippen molar-refractivity contribution in [3.63, 3.8) is 0 Å². The Morgan fingerprint density at radius 3 is 2.51 bits per heavy atom. The van der Waals surface area contributed by atoms with Gasteiger partial charge in [-0.1, -0.05) is 18.2 Å². The van der Waals surface area contributed by atoms with Crippen LogP contribution in [0.1, 0.15) is 33.6 Å². The number of ether oxygens (including phenoxy) is 2. The lowest BCUT2D eigenvalue weighted by Crippen LogP contribution is -2.60. The molecule has 0 aromatic heterocycles. The maximum atomic E-state index is 14.1. The van der Waals surface area contributed by atoms with Gasteiger partial charge < -0.3 is 19.7 Å². The van der Waals surface area contributed by atoms with Crippen molar-refractivity contribution < 1.29 is 32.6 Å². The summed E-state index contributed by atoms with van der Waals surface area (Å²) in [5.41, 5.74) is -1.09. The average molecular weight is 488 g/mol. The van der Waals surface area contributed by atoms with E-state index in [0.717, 1.165) is 6.07 Å². The van der Waals surface area contributed by atoms with Gasteiger partial charge in [0.2, 0.25) is 5.91 Å². The van der Waals surface area contributed by atoms with Crippen molar-refractivity contribution in [2.75, 3.05) is 40.0 Å². The highest BCUT2D eigenvalue weighted by molar-refractivity contribution is 5.98. The monoisotopic (exact) mass is 487 g/mol. The van der Waals surface area contributed by atoms with Gasteiger partial charge in [-0.05, 0) is 30.3 Å². The van der Waals surface area contributed by atoms with E-state index in [1.54, 1.807) is 6.07 Å². The molecular formula is C25H27F2N3O5. The van der Waals surface area contributed by atoms with Gasteiger partial charge in [0.05, 0.1) is 18.8 Å². The van der Waals surface area contributed by atoms with Gasteiger partial charge in [-0.25, -0.2) is 8.78 Å². The second-order valence-electron chi connectivity index (χ2n) is 8.51. The number of piperidine rings is 1. The lowest BCUT2D eigenvalue weighted by Gasteiger charge is -2.44. The molecule has 2 aromatic rings. The zero-order valence-corrected chi connectivity index (χ0v) is 19.3. The summed E-state index contributed by atoms with van der Waals surface area (Å²) in [6.45, 7) is 0.901. The first-order valence-electron chi connectivity index (χ1n) is 11.4. The molecule has 35 heavy (non-hydrogen) atoms. The van der Waals surface area contributed by atoms with Crippen molar-refractivity contribution in [1.29, 1.82) is 0 Å². The van der Waals surface area contributed by atoms with Crippen molar-refractivity contribution in [3.05, 3.63) is 71.3 Å². The van der Waals surface area contributed by atoms with Gasteiger partial charge in [0.15, 0.2) is 0 Å². The zero-order valence-electron chi connectivity index (χ0n) is 19.3. The minimum absolute atomic E-state index is 0.0288. The van der Waals surface area contributed by atoms with E-state index >= 15 is 0 Å². The summed E-state index contributed by atoms with van der Waals surface area (Å²) in [6, 6.07) is 10.1. The van der Waals surface area contributed by atoms with Crippen molar-refractivity contribution in [3.8, 4) is 0 Å². The van der Waals surface area contributed by atoms with Crippen molar-refractivity contribution >= 4 is 17.7 Å². The molecule has 2 heterocycles. The molecule has 1 spiro atoms. The number of nitrogens with one attached hydrogen (secondary N) is 1. The van der Waals surface area contributed by atoms with Crippen LogP contribution in [0.25, 0.3) is 0 Å². The summed E-state index contributed by atoms with van der Waals surface area (Å²) in [4.78, 5) is 42.2. The molecule has 8 nitrogen and oxygen atoms in total. The molecule has 2 fully saturated rings. The number of hydrogen-bond acceptors (Lipinski definition) is 5. The van der Waals surface area contributed by atoms with Crippen molar-refractivity contribution in [2.45, 2.75) is 24.6 Å². The van der Waals surface area contributed by atoms with E-state index in [-0.39, 0.29) is 50.2 Å². The first kappa shape index (κ1) is 24.7. The van der Waals surface area contributed by atoms with Crippen LogP contribution in [-0.2, 0) is 14.3 Å². The second kappa shape index (κ2) is 10.5. The fourth-order valence-electron chi connectivity index (χ4n) is 4.59. The third kappa shape index (κ3) is 5.03. The number of carbonyl (C=O) groups is 3. The molecule has 0 bridgehead atoms. The number of benzene rings is 2. The van der Waals surface area contributed by atoms with Crippen LogP contribution in [0.3, 0.4) is 0 Å². The van der Waals surface area contributed by atoms with Gasteiger partial charge in [0.25, 0.3) is 11.8 Å². The minimum Gasteiger partial charge on any atom is -0.383 e. The van der Waals surface area contributed by atoms with E-state index in [9.17, 15) is 23.2 Å². The number of hydrogen-bond donors (Lipinski definition) is 1. The predicted molar refractivity (Wildman–Crippen MR) is 121 cm³/mol. The molecule has 0 saturated carbocycles. The normalized spacial score (nSPS) is 19.1. The molecule has 4 rings (SSSR count). The lowest BCUT2D eigenvalue weighted by atomic mass is 9.96. The number of nitrogens with zero attached hydrogens (tertiary/aromatic N) is 2. The molecular weight excluding hydrogens is 460 g/mol. The number of rotatable bonds is 6. The Kier molecular flexibility index (Phi) is 7.42. The SMILES string of the molecule is COCCNC(=O)[C@@H]1COC2(CCN(C(=O)c3ccccc3F)CC2)N1C(=O)c1cccc(F)c1. The van der Waals surface area contributed by atoms with Crippen LogP contribution in [0.2, 0.25) is 0 Å². The molecule has 1 N–H and O–H groups in total. The van der Waals surface area contributed by atoms with Crippen LogP contribution in [-0.4, -0.2) is 79.2 Å². The van der Waals surface area contributed by atoms with Crippen LogP contribution < -0.4 is 5.32 Å². The van der Waals surface area contributed by atoms with E-state index in [1.807, 2.05) is 0 Å². The van der Waals surface area contributed by atoms with Gasteiger partial charge in [-0.2, -0.15) is 0 Å². The second-order valence-corrected chi connectivity index (χ2v) is 8.51. The first-order chi connectivity index (χ1) is 16.9. The summed E-state index contributed by atoms with van der Waals surface area (Å²) < 4.78 is 39.0. The Hall–Kier alpha value is -3.37. The lowest BCUT2D eigenvalue weighted by molar-refractivity contribution is -0.128. The maximum absolute atomic E-state index is 14.1. The molecule has 0 aliphatic carbocycles. The quantitative estimate of drug-likeness (QED) is 0.632. The number of carbonyl (C=O) groups excluding carboxylic acids is 3. The highest BCUT2D eigenvalue weighted by Crippen LogP contribution is 2.39. The Balaban J connectivity index is 1.57. The fourth-order valence-corrected chi connectivity index (χ4v) is 4.59. The van der Waals surface area contributed by atoms with Gasteiger partial charge in [-0.15, -0.1) is 0 Å². The standard InChI is InChI=1S/C25H27F2N3O5/c1-34-14-11-28-22(31)21-16-35-25(30(21)23(32)17-5-4-6-18(26)15-17)9-12-29(13-10-25)24(33)19-7-2-3-8-20(19)27/h2-8,15,21H,9-14,16H2,1H3,(H,28,31)/t21-/m0/s1. The molecule has 2 aliphatic rings.